The molecule has 0 fully saturated rings. The van der Waals surface area contributed by atoms with E-state index in [2.05, 4.69) is 22.5 Å². The van der Waals surface area contributed by atoms with Crippen molar-refractivity contribution < 1.29 is 9.90 Å². The molecule has 2 heterocycles. The van der Waals surface area contributed by atoms with Crippen LogP contribution in [0, 0.1) is 0 Å². The number of carboxylic acid groups (broad SMARTS) is 1. The molecule has 0 spiro atoms. The third-order valence-electron chi connectivity index (χ3n) is 3.54. The van der Waals surface area contributed by atoms with Crippen LogP contribution in [-0.4, -0.2) is 21.9 Å². The first-order valence-electron chi connectivity index (χ1n) is 6.54. The number of carbonyl (C=O) groups is 1. The summed E-state index contributed by atoms with van der Waals surface area (Å²) >= 11 is 4.40. The van der Waals surface area contributed by atoms with Gasteiger partial charge in [-0.1, -0.05) is 24.3 Å². The van der Waals surface area contributed by atoms with Crippen LogP contribution in [0.2, 0.25) is 0 Å². The van der Waals surface area contributed by atoms with Crippen molar-refractivity contribution in [2.45, 2.75) is 6.54 Å². The molecular weight excluding hydrogens is 284 g/mol. The van der Waals surface area contributed by atoms with Crippen molar-refractivity contribution in [1.29, 1.82) is 0 Å². The lowest BCUT2D eigenvalue weighted by Gasteiger charge is -2.22. The Kier molecular flexibility index (Phi) is 3.66. The maximum Gasteiger partial charge on any atom is 0.328 e. The van der Waals surface area contributed by atoms with Crippen molar-refractivity contribution in [3.8, 4) is 0 Å². The molecule has 1 aromatic carbocycles. The van der Waals surface area contributed by atoms with Crippen LogP contribution in [0.4, 0.5) is 5.69 Å². The molecular formula is C16H14N2O2S. The molecule has 0 saturated heterocycles. The number of carboxylic acids is 1. The van der Waals surface area contributed by atoms with Gasteiger partial charge in [-0.3, -0.25) is 4.98 Å². The highest BCUT2D eigenvalue weighted by Crippen LogP contribution is 2.37. The van der Waals surface area contributed by atoms with Gasteiger partial charge >= 0.3 is 5.97 Å². The molecule has 1 aliphatic heterocycles. The summed E-state index contributed by atoms with van der Waals surface area (Å²) in [4.78, 5) is 17.5. The van der Waals surface area contributed by atoms with Crippen molar-refractivity contribution in [3.05, 3.63) is 65.5 Å². The van der Waals surface area contributed by atoms with Crippen LogP contribution in [0.1, 0.15) is 16.7 Å². The lowest BCUT2D eigenvalue weighted by molar-refractivity contribution is -0.131. The number of hydrogen-bond acceptors (Lipinski definition) is 4. The fourth-order valence-corrected chi connectivity index (χ4v) is 2.88. The molecule has 0 unspecified atom stereocenters. The fourth-order valence-electron chi connectivity index (χ4n) is 2.63. The average molecular weight is 298 g/mol. The van der Waals surface area contributed by atoms with Gasteiger partial charge < -0.3 is 10.0 Å². The molecule has 1 N–H and O–H groups in total. The molecule has 5 heteroatoms. The molecule has 21 heavy (non-hydrogen) atoms. The second-order valence-corrected chi connectivity index (χ2v) is 5.07. The molecule has 0 amide bonds. The standard InChI is InChI=1S/C16H14N2O2S/c19-16(20)7-13-12-4-2-1-3-11(12)9-18(10-21)15-5-6-17-8-14(13)15/h1-8,21H,9-10H2,(H,19,20). The third kappa shape index (κ3) is 2.52. The van der Waals surface area contributed by atoms with E-state index >= 15 is 0 Å². The van der Waals surface area contributed by atoms with Gasteiger partial charge in [-0.05, 0) is 17.2 Å². The van der Waals surface area contributed by atoms with Crippen LogP contribution in [0.3, 0.4) is 0 Å². The highest BCUT2D eigenvalue weighted by molar-refractivity contribution is 7.80. The SMILES string of the molecule is O=C(O)C=C1c2ccccc2CN(CS)c2ccncc21. The van der Waals surface area contributed by atoms with E-state index in [9.17, 15) is 9.90 Å². The number of anilines is 1. The topological polar surface area (TPSA) is 53.4 Å². The zero-order chi connectivity index (χ0) is 14.8. The molecule has 0 bridgehead atoms. The van der Waals surface area contributed by atoms with Gasteiger partial charge in [-0.2, -0.15) is 12.6 Å². The molecule has 4 nitrogen and oxygen atoms in total. The van der Waals surface area contributed by atoms with Gasteiger partial charge in [0.15, 0.2) is 0 Å². The van der Waals surface area contributed by atoms with Crippen LogP contribution < -0.4 is 4.90 Å². The van der Waals surface area contributed by atoms with E-state index in [-0.39, 0.29) is 0 Å². The summed E-state index contributed by atoms with van der Waals surface area (Å²) < 4.78 is 0. The largest absolute Gasteiger partial charge is 0.478 e. The first kappa shape index (κ1) is 13.7. The highest BCUT2D eigenvalue weighted by Gasteiger charge is 2.22. The summed E-state index contributed by atoms with van der Waals surface area (Å²) in [6, 6.07) is 9.74. The lowest BCUT2D eigenvalue weighted by atomic mass is 9.95. The Balaban J connectivity index is 2.31. The van der Waals surface area contributed by atoms with E-state index in [1.807, 2.05) is 30.3 Å². The van der Waals surface area contributed by atoms with E-state index in [4.69, 9.17) is 0 Å². The number of aliphatic carboxylic acids is 1. The number of fused-ring (bicyclic) bond motifs is 2. The van der Waals surface area contributed by atoms with Gasteiger partial charge in [0.1, 0.15) is 0 Å². The number of aromatic nitrogens is 1. The maximum absolute atomic E-state index is 11.2. The Bertz CT molecular complexity index is 728. The molecule has 0 aliphatic carbocycles. The minimum absolute atomic E-state index is 0.547. The van der Waals surface area contributed by atoms with Crippen molar-refractivity contribution in [3.63, 3.8) is 0 Å². The third-order valence-corrected chi connectivity index (χ3v) is 3.88. The predicted octanol–water partition coefficient (Wildman–Crippen LogP) is 2.81. The first-order chi connectivity index (χ1) is 10.2. The minimum Gasteiger partial charge on any atom is -0.478 e. The smallest absolute Gasteiger partial charge is 0.328 e. The molecule has 0 saturated carbocycles. The van der Waals surface area contributed by atoms with E-state index < -0.39 is 5.97 Å². The van der Waals surface area contributed by atoms with E-state index in [1.165, 1.54) is 6.08 Å². The van der Waals surface area contributed by atoms with E-state index in [1.54, 1.807) is 12.4 Å². The molecule has 0 atom stereocenters. The minimum atomic E-state index is -0.964. The quantitative estimate of drug-likeness (QED) is 0.661. The second kappa shape index (κ2) is 5.61. The summed E-state index contributed by atoms with van der Waals surface area (Å²) in [7, 11) is 0. The molecule has 1 aromatic heterocycles. The van der Waals surface area contributed by atoms with Crippen LogP contribution in [0.5, 0.6) is 0 Å². The van der Waals surface area contributed by atoms with Gasteiger partial charge in [0, 0.05) is 41.8 Å². The lowest BCUT2D eigenvalue weighted by Crippen LogP contribution is -2.20. The number of pyridine rings is 1. The molecule has 2 aromatic rings. The Morgan fingerprint density at radius 2 is 2.14 bits per heavy atom. The zero-order valence-corrected chi connectivity index (χ0v) is 12.1. The molecule has 1 aliphatic rings. The number of thiol groups is 1. The number of benzene rings is 1. The average Bonchev–Trinajstić information content (AvgIpc) is 2.63. The van der Waals surface area contributed by atoms with Gasteiger partial charge in [0.2, 0.25) is 0 Å². The van der Waals surface area contributed by atoms with Crippen LogP contribution >= 0.6 is 12.6 Å². The van der Waals surface area contributed by atoms with Crippen LogP contribution in [-0.2, 0) is 11.3 Å². The maximum atomic E-state index is 11.2. The van der Waals surface area contributed by atoms with Crippen LogP contribution in [0.25, 0.3) is 5.57 Å². The van der Waals surface area contributed by atoms with Gasteiger partial charge in [-0.25, -0.2) is 4.79 Å². The summed E-state index contributed by atoms with van der Waals surface area (Å²) in [5.74, 6) is -0.417. The highest BCUT2D eigenvalue weighted by atomic mass is 32.1. The predicted molar refractivity (Wildman–Crippen MR) is 85.4 cm³/mol. The Labute approximate surface area is 128 Å². The summed E-state index contributed by atoms with van der Waals surface area (Å²) in [5.41, 5.74) is 4.46. The summed E-state index contributed by atoms with van der Waals surface area (Å²) in [5, 5.41) is 9.21. The Morgan fingerprint density at radius 1 is 1.33 bits per heavy atom. The van der Waals surface area contributed by atoms with Crippen LogP contribution in [0.15, 0.2) is 48.8 Å². The van der Waals surface area contributed by atoms with Gasteiger partial charge in [0.05, 0.1) is 5.88 Å². The monoisotopic (exact) mass is 298 g/mol. The second-order valence-electron chi connectivity index (χ2n) is 4.79. The fraction of sp³-hybridized carbons (Fsp3) is 0.125. The van der Waals surface area contributed by atoms with E-state index in [0.717, 1.165) is 22.4 Å². The number of hydrogen-bond donors (Lipinski definition) is 2. The first-order valence-corrected chi connectivity index (χ1v) is 7.17. The van der Waals surface area contributed by atoms with E-state index in [0.29, 0.717) is 18.0 Å². The molecule has 3 rings (SSSR count). The number of rotatable bonds is 2. The Morgan fingerprint density at radius 3 is 2.90 bits per heavy atom. The molecule has 106 valence electrons. The van der Waals surface area contributed by atoms with Crippen molar-refractivity contribution >= 4 is 29.9 Å². The zero-order valence-electron chi connectivity index (χ0n) is 11.2. The van der Waals surface area contributed by atoms with Crippen molar-refractivity contribution in [1.82, 2.24) is 4.98 Å². The molecule has 0 radical (unpaired) electrons. The number of nitrogens with zero attached hydrogens (tertiary/aromatic N) is 2. The van der Waals surface area contributed by atoms with Crippen molar-refractivity contribution in [2.75, 3.05) is 10.8 Å². The van der Waals surface area contributed by atoms with Gasteiger partial charge in [-0.15, -0.1) is 0 Å². The summed E-state index contributed by atoms with van der Waals surface area (Å²) in [6.45, 7) is 0.688. The van der Waals surface area contributed by atoms with Gasteiger partial charge in [0.25, 0.3) is 0 Å². The summed E-state index contributed by atoms with van der Waals surface area (Å²) in [6.07, 6.45) is 4.67. The van der Waals surface area contributed by atoms with Crippen molar-refractivity contribution in [2.24, 2.45) is 0 Å². The Hall–Kier alpha value is -2.27. The normalized spacial score (nSPS) is 15.3.